The molecule has 3 aromatic rings. The van der Waals surface area contributed by atoms with Crippen molar-refractivity contribution in [2.24, 2.45) is 0 Å². The van der Waals surface area contributed by atoms with Crippen molar-refractivity contribution in [3.05, 3.63) is 52.7 Å². The smallest absolute Gasteiger partial charge is 0.350 e. The third kappa shape index (κ3) is 2.05. The zero-order chi connectivity index (χ0) is 13.4. The van der Waals surface area contributed by atoms with Gasteiger partial charge in [-0.3, -0.25) is 4.40 Å². The molecule has 0 aliphatic rings. The monoisotopic (exact) mass is 258 g/mol. The maximum Gasteiger partial charge on any atom is 0.350 e. The quantitative estimate of drug-likeness (QED) is 0.716. The van der Waals surface area contributed by atoms with Crippen LogP contribution in [0.25, 0.3) is 5.65 Å². The van der Waals surface area contributed by atoms with Crippen molar-refractivity contribution in [1.82, 2.24) is 19.2 Å². The molecule has 98 valence electrons. The number of oxazole rings is 1. The first-order valence-corrected chi connectivity index (χ1v) is 6.14. The Kier molecular flexibility index (Phi) is 2.70. The predicted molar refractivity (Wildman–Crippen MR) is 69.1 cm³/mol. The Hall–Kier alpha value is -2.37. The minimum Gasteiger partial charge on any atom is -0.443 e. The summed E-state index contributed by atoms with van der Waals surface area (Å²) in [6.45, 7) is 4.30. The predicted octanol–water partition coefficient (Wildman–Crippen LogP) is 1.66. The first-order chi connectivity index (χ1) is 9.15. The van der Waals surface area contributed by atoms with E-state index >= 15 is 0 Å². The molecule has 3 heterocycles. The van der Waals surface area contributed by atoms with Crippen LogP contribution < -0.4 is 5.69 Å². The molecule has 0 saturated heterocycles. The SMILES string of the molecule is CC(C)c1cnc(Cn2nc3ccccn3c2=O)o1. The highest BCUT2D eigenvalue weighted by Crippen LogP contribution is 2.15. The van der Waals surface area contributed by atoms with Gasteiger partial charge < -0.3 is 4.42 Å². The van der Waals surface area contributed by atoms with Gasteiger partial charge in [-0.25, -0.2) is 14.5 Å². The minimum absolute atomic E-state index is 0.195. The molecule has 0 aliphatic carbocycles. The van der Waals surface area contributed by atoms with Crippen LogP contribution in [0, 0.1) is 0 Å². The van der Waals surface area contributed by atoms with E-state index in [4.69, 9.17) is 4.42 Å². The molecule has 6 heteroatoms. The van der Waals surface area contributed by atoms with Gasteiger partial charge in [-0.1, -0.05) is 19.9 Å². The molecule has 0 aliphatic heterocycles. The van der Waals surface area contributed by atoms with Crippen molar-refractivity contribution in [3.8, 4) is 0 Å². The van der Waals surface area contributed by atoms with Crippen molar-refractivity contribution in [2.45, 2.75) is 26.3 Å². The van der Waals surface area contributed by atoms with Gasteiger partial charge in [0.2, 0.25) is 5.89 Å². The molecule has 0 amide bonds. The highest BCUT2D eigenvalue weighted by atomic mass is 16.4. The van der Waals surface area contributed by atoms with E-state index in [-0.39, 0.29) is 18.2 Å². The zero-order valence-electron chi connectivity index (χ0n) is 10.8. The number of rotatable bonds is 3. The van der Waals surface area contributed by atoms with Gasteiger partial charge in [-0.2, -0.15) is 0 Å². The zero-order valence-corrected chi connectivity index (χ0v) is 10.8. The highest BCUT2D eigenvalue weighted by molar-refractivity contribution is 5.35. The third-order valence-electron chi connectivity index (χ3n) is 2.91. The number of pyridine rings is 1. The largest absolute Gasteiger partial charge is 0.443 e. The lowest BCUT2D eigenvalue weighted by Gasteiger charge is -1.97. The molecule has 0 N–H and O–H groups in total. The molecule has 0 unspecified atom stereocenters. The first-order valence-electron chi connectivity index (χ1n) is 6.14. The standard InChI is InChI=1S/C13H14N4O2/c1-9(2)10-7-14-12(19-10)8-17-13(18)16-6-4-3-5-11(16)15-17/h3-7,9H,8H2,1-2H3. The summed E-state index contributed by atoms with van der Waals surface area (Å²) in [5.41, 5.74) is 0.419. The lowest BCUT2D eigenvalue weighted by molar-refractivity contribution is 0.418. The van der Waals surface area contributed by atoms with E-state index in [0.717, 1.165) is 5.76 Å². The third-order valence-corrected chi connectivity index (χ3v) is 2.91. The molecule has 0 bridgehead atoms. The Labute approximate surface area is 109 Å². The molecule has 3 aromatic heterocycles. The van der Waals surface area contributed by atoms with Gasteiger partial charge >= 0.3 is 5.69 Å². The summed E-state index contributed by atoms with van der Waals surface area (Å²) < 4.78 is 8.42. The second-order valence-electron chi connectivity index (χ2n) is 4.68. The van der Waals surface area contributed by atoms with Gasteiger partial charge in [-0.15, -0.1) is 5.10 Å². The van der Waals surface area contributed by atoms with Gasteiger partial charge in [0.1, 0.15) is 12.3 Å². The van der Waals surface area contributed by atoms with Gasteiger partial charge in [0.15, 0.2) is 5.65 Å². The van der Waals surface area contributed by atoms with Crippen LogP contribution in [0.1, 0.15) is 31.4 Å². The maximum atomic E-state index is 12.1. The van der Waals surface area contributed by atoms with E-state index in [1.165, 1.54) is 9.08 Å². The van der Waals surface area contributed by atoms with Crippen LogP contribution in [0.15, 0.2) is 39.8 Å². The molecule has 0 radical (unpaired) electrons. The van der Waals surface area contributed by atoms with Crippen LogP contribution in [-0.2, 0) is 6.54 Å². The summed E-state index contributed by atoms with van der Waals surface area (Å²) in [5.74, 6) is 1.58. The van der Waals surface area contributed by atoms with E-state index in [1.807, 2.05) is 19.9 Å². The second kappa shape index (κ2) is 4.38. The van der Waals surface area contributed by atoms with Crippen LogP contribution in [0.5, 0.6) is 0 Å². The van der Waals surface area contributed by atoms with Crippen molar-refractivity contribution in [3.63, 3.8) is 0 Å². The van der Waals surface area contributed by atoms with E-state index in [9.17, 15) is 4.79 Å². The van der Waals surface area contributed by atoms with Crippen LogP contribution in [-0.4, -0.2) is 19.2 Å². The molecule has 0 aromatic carbocycles. The fourth-order valence-corrected chi connectivity index (χ4v) is 1.86. The normalized spacial score (nSPS) is 11.5. The van der Waals surface area contributed by atoms with E-state index < -0.39 is 0 Å². The first kappa shape index (κ1) is 11.7. The van der Waals surface area contributed by atoms with Gasteiger partial charge in [0.25, 0.3) is 0 Å². The van der Waals surface area contributed by atoms with Gasteiger partial charge in [0, 0.05) is 12.1 Å². The Bertz CT molecular complexity index is 766. The topological polar surface area (TPSA) is 65.3 Å². The summed E-state index contributed by atoms with van der Waals surface area (Å²) in [5, 5.41) is 4.23. The number of hydrogen-bond donors (Lipinski definition) is 0. The van der Waals surface area contributed by atoms with Crippen molar-refractivity contribution < 1.29 is 4.42 Å². The molecular formula is C13H14N4O2. The fraction of sp³-hybridized carbons (Fsp3) is 0.308. The maximum absolute atomic E-state index is 12.1. The van der Waals surface area contributed by atoms with Gasteiger partial charge in [-0.05, 0) is 12.1 Å². The molecule has 0 spiro atoms. The average molecular weight is 258 g/mol. The number of aromatic nitrogens is 4. The van der Waals surface area contributed by atoms with Crippen LogP contribution in [0.3, 0.4) is 0 Å². The molecule has 0 fully saturated rings. The van der Waals surface area contributed by atoms with Crippen molar-refractivity contribution in [1.29, 1.82) is 0 Å². The molecule has 0 saturated carbocycles. The molecule has 6 nitrogen and oxygen atoms in total. The summed E-state index contributed by atoms with van der Waals surface area (Å²) in [7, 11) is 0. The summed E-state index contributed by atoms with van der Waals surface area (Å²) in [6.07, 6.45) is 3.39. The molecule has 0 atom stereocenters. The molecule has 19 heavy (non-hydrogen) atoms. The fourth-order valence-electron chi connectivity index (χ4n) is 1.86. The Balaban J connectivity index is 1.96. The summed E-state index contributed by atoms with van der Waals surface area (Å²) >= 11 is 0. The van der Waals surface area contributed by atoms with E-state index in [1.54, 1.807) is 24.5 Å². The minimum atomic E-state index is -0.195. The van der Waals surface area contributed by atoms with Crippen LogP contribution >= 0.6 is 0 Å². The van der Waals surface area contributed by atoms with Crippen molar-refractivity contribution in [2.75, 3.05) is 0 Å². The Morgan fingerprint density at radius 1 is 1.37 bits per heavy atom. The van der Waals surface area contributed by atoms with E-state index in [2.05, 4.69) is 10.1 Å². The number of fused-ring (bicyclic) bond motifs is 1. The lowest BCUT2D eigenvalue weighted by Crippen LogP contribution is -2.21. The Morgan fingerprint density at radius 3 is 2.89 bits per heavy atom. The van der Waals surface area contributed by atoms with Crippen LogP contribution in [0.2, 0.25) is 0 Å². The number of nitrogens with zero attached hydrogens (tertiary/aromatic N) is 4. The van der Waals surface area contributed by atoms with Crippen molar-refractivity contribution >= 4 is 5.65 Å². The summed E-state index contributed by atoms with van der Waals surface area (Å²) in [4.78, 5) is 16.2. The van der Waals surface area contributed by atoms with Gasteiger partial charge in [0.05, 0.1) is 6.20 Å². The summed E-state index contributed by atoms with van der Waals surface area (Å²) in [6, 6.07) is 5.42. The lowest BCUT2D eigenvalue weighted by atomic mass is 10.2. The molecule has 3 rings (SSSR count). The molecular weight excluding hydrogens is 244 g/mol. The second-order valence-corrected chi connectivity index (χ2v) is 4.68. The number of hydrogen-bond acceptors (Lipinski definition) is 4. The van der Waals surface area contributed by atoms with E-state index in [0.29, 0.717) is 11.5 Å². The average Bonchev–Trinajstić information content (AvgIpc) is 2.97. The highest BCUT2D eigenvalue weighted by Gasteiger charge is 2.11. The Morgan fingerprint density at radius 2 is 2.21 bits per heavy atom. The van der Waals surface area contributed by atoms with Crippen LogP contribution in [0.4, 0.5) is 0 Å².